The van der Waals surface area contributed by atoms with Crippen LogP contribution in [0.25, 0.3) is 0 Å². The minimum Gasteiger partial charge on any atom is -0.521 e. The molecule has 25 heavy (non-hydrogen) atoms. The second-order valence-corrected chi connectivity index (χ2v) is 10.7. The van der Waals surface area contributed by atoms with E-state index in [-0.39, 0.29) is 5.97 Å². The van der Waals surface area contributed by atoms with Gasteiger partial charge in [0, 0.05) is 11.1 Å². The zero-order valence-electron chi connectivity index (χ0n) is 16.1. The summed E-state index contributed by atoms with van der Waals surface area (Å²) in [6, 6.07) is 0. The van der Waals surface area contributed by atoms with E-state index in [4.69, 9.17) is 4.43 Å². The summed E-state index contributed by atoms with van der Waals surface area (Å²) < 4.78 is 6.00. The Balaban J connectivity index is 1.90. The average molecular weight is 363 g/mol. The fraction of sp³-hybridized carbons (Fsp3) is 0.864. The van der Waals surface area contributed by atoms with Gasteiger partial charge in [-0.25, -0.2) is 4.79 Å². The van der Waals surface area contributed by atoms with Crippen LogP contribution in [0.5, 0.6) is 0 Å². The van der Waals surface area contributed by atoms with Crippen molar-refractivity contribution in [2.45, 2.75) is 101 Å². The molecule has 3 saturated carbocycles. The molecule has 0 aromatic heterocycles. The highest BCUT2D eigenvalue weighted by atomic mass is 28.2. The normalized spacial score (nSPS) is 25.3. The Hall–Kier alpha value is -0.573. The van der Waals surface area contributed by atoms with E-state index in [1.165, 1.54) is 102 Å². The van der Waals surface area contributed by atoms with E-state index in [0.29, 0.717) is 5.04 Å². The molecule has 0 amide bonds. The van der Waals surface area contributed by atoms with E-state index in [1.807, 2.05) is 0 Å². The van der Waals surface area contributed by atoms with Crippen molar-refractivity contribution in [1.82, 2.24) is 0 Å². The van der Waals surface area contributed by atoms with Crippen LogP contribution < -0.4 is 0 Å². The van der Waals surface area contributed by atoms with Gasteiger partial charge in [0.05, 0.1) is 0 Å². The quantitative estimate of drug-likeness (QED) is 0.447. The first-order chi connectivity index (χ1) is 12.3. The molecule has 0 aromatic rings. The molecular formula is C22H38O2Si. The maximum Gasteiger partial charge on any atom is 0.316 e. The Labute approximate surface area is 157 Å². The number of hydrogen-bond acceptors (Lipinski definition) is 2. The molecule has 0 spiro atoms. The Kier molecular flexibility index (Phi) is 7.21. The SMILES string of the molecule is C=CC(=O)O[SiH2]C(C1CCCCC1)(C1CCCCC1)C1CCCCC1. The summed E-state index contributed by atoms with van der Waals surface area (Å²) in [7, 11) is -0.895. The van der Waals surface area contributed by atoms with Crippen LogP contribution in [0.15, 0.2) is 12.7 Å². The van der Waals surface area contributed by atoms with Crippen LogP contribution in [0.4, 0.5) is 0 Å². The van der Waals surface area contributed by atoms with Crippen LogP contribution in [0.1, 0.15) is 96.3 Å². The van der Waals surface area contributed by atoms with Crippen molar-refractivity contribution < 1.29 is 9.22 Å². The summed E-state index contributed by atoms with van der Waals surface area (Å²) in [5.41, 5.74) is 0. The second kappa shape index (κ2) is 9.39. The Morgan fingerprint density at radius 3 is 1.44 bits per heavy atom. The Morgan fingerprint density at radius 1 is 0.760 bits per heavy atom. The molecule has 0 N–H and O–H groups in total. The van der Waals surface area contributed by atoms with Gasteiger partial charge in [0.15, 0.2) is 0 Å². The third-order valence-corrected chi connectivity index (χ3v) is 10.4. The topological polar surface area (TPSA) is 26.3 Å². The predicted molar refractivity (Wildman–Crippen MR) is 107 cm³/mol. The van der Waals surface area contributed by atoms with E-state index in [1.54, 1.807) is 0 Å². The Morgan fingerprint density at radius 2 is 1.12 bits per heavy atom. The van der Waals surface area contributed by atoms with Crippen LogP contribution in [0.2, 0.25) is 5.04 Å². The molecule has 0 heterocycles. The smallest absolute Gasteiger partial charge is 0.316 e. The van der Waals surface area contributed by atoms with Crippen molar-refractivity contribution in [2.75, 3.05) is 0 Å². The lowest BCUT2D eigenvalue weighted by Crippen LogP contribution is -2.46. The minimum absolute atomic E-state index is 0.154. The third kappa shape index (κ3) is 4.40. The van der Waals surface area contributed by atoms with Crippen molar-refractivity contribution in [3.63, 3.8) is 0 Å². The summed E-state index contributed by atoms with van der Waals surface area (Å²) in [5, 5.41) is 0.389. The zero-order valence-corrected chi connectivity index (χ0v) is 17.6. The van der Waals surface area contributed by atoms with E-state index >= 15 is 0 Å². The van der Waals surface area contributed by atoms with E-state index in [0.717, 1.165) is 17.8 Å². The van der Waals surface area contributed by atoms with Crippen molar-refractivity contribution in [2.24, 2.45) is 17.8 Å². The van der Waals surface area contributed by atoms with Gasteiger partial charge >= 0.3 is 5.97 Å². The van der Waals surface area contributed by atoms with Gasteiger partial charge < -0.3 is 4.43 Å². The van der Waals surface area contributed by atoms with Crippen LogP contribution in [0, 0.1) is 17.8 Å². The largest absolute Gasteiger partial charge is 0.521 e. The predicted octanol–water partition coefficient (Wildman–Crippen LogP) is 5.70. The fourth-order valence-corrected chi connectivity index (χ4v) is 8.97. The molecule has 3 rings (SSSR count). The molecule has 2 nitrogen and oxygen atoms in total. The van der Waals surface area contributed by atoms with Gasteiger partial charge in [0.1, 0.15) is 0 Å². The highest BCUT2D eigenvalue weighted by Gasteiger charge is 2.51. The number of carbonyl (C=O) groups is 1. The number of hydrogen-bond donors (Lipinski definition) is 0. The molecule has 0 radical (unpaired) electrons. The zero-order chi connectivity index (χ0) is 17.5. The first kappa shape index (κ1) is 19.2. The summed E-state index contributed by atoms with van der Waals surface area (Å²) >= 11 is 0. The third-order valence-electron chi connectivity index (χ3n) is 7.73. The highest BCUT2D eigenvalue weighted by molar-refractivity contribution is 6.36. The first-order valence-corrected chi connectivity index (χ1v) is 12.3. The highest BCUT2D eigenvalue weighted by Crippen LogP contribution is 2.61. The molecule has 142 valence electrons. The van der Waals surface area contributed by atoms with Gasteiger partial charge in [-0.15, -0.1) is 0 Å². The standard InChI is InChI=1S/C22H38O2Si/c1-2-21(23)24-25-22(18-12-6-3-7-13-18,19-14-8-4-9-15-19)20-16-10-5-11-17-20/h2,18-20H,1,3-17,25H2. The molecule has 0 atom stereocenters. The van der Waals surface area contributed by atoms with Gasteiger partial charge in [-0.05, 0) is 17.8 Å². The summed E-state index contributed by atoms with van der Waals surface area (Å²) in [4.78, 5) is 12.0. The minimum atomic E-state index is -0.895. The lowest BCUT2D eigenvalue weighted by atomic mass is 9.61. The van der Waals surface area contributed by atoms with Crippen molar-refractivity contribution in [3.05, 3.63) is 12.7 Å². The summed E-state index contributed by atoms with van der Waals surface area (Å²) in [6.45, 7) is 3.65. The number of carbonyl (C=O) groups excluding carboxylic acids is 1. The van der Waals surface area contributed by atoms with E-state index < -0.39 is 9.76 Å². The number of rotatable bonds is 6. The molecule has 3 aliphatic rings. The van der Waals surface area contributed by atoms with Crippen molar-refractivity contribution in [3.8, 4) is 0 Å². The van der Waals surface area contributed by atoms with Crippen molar-refractivity contribution >= 4 is 15.7 Å². The average Bonchev–Trinajstić information content (AvgIpc) is 2.71. The maximum atomic E-state index is 12.0. The molecular weight excluding hydrogens is 324 g/mol. The molecule has 0 aromatic carbocycles. The molecule has 0 bridgehead atoms. The van der Waals surface area contributed by atoms with Crippen LogP contribution in [-0.4, -0.2) is 15.7 Å². The molecule has 0 unspecified atom stereocenters. The molecule has 3 aliphatic carbocycles. The van der Waals surface area contributed by atoms with Gasteiger partial charge in [-0.2, -0.15) is 0 Å². The van der Waals surface area contributed by atoms with Gasteiger partial charge in [-0.1, -0.05) is 103 Å². The molecule has 0 saturated heterocycles. The summed E-state index contributed by atoms with van der Waals surface area (Å²) in [5.74, 6) is 2.34. The fourth-order valence-electron chi connectivity index (χ4n) is 6.53. The van der Waals surface area contributed by atoms with Crippen LogP contribution in [-0.2, 0) is 9.22 Å². The molecule has 3 fully saturated rings. The second-order valence-electron chi connectivity index (χ2n) is 8.93. The van der Waals surface area contributed by atoms with Crippen LogP contribution in [0.3, 0.4) is 0 Å². The van der Waals surface area contributed by atoms with Crippen LogP contribution >= 0.6 is 0 Å². The first-order valence-electron chi connectivity index (χ1n) is 11.1. The lowest BCUT2D eigenvalue weighted by molar-refractivity contribution is -0.129. The molecule has 0 aliphatic heterocycles. The van der Waals surface area contributed by atoms with Crippen molar-refractivity contribution in [1.29, 1.82) is 0 Å². The van der Waals surface area contributed by atoms with Gasteiger partial charge in [-0.3, -0.25) is 0 Å². The van der Waals surface area contributed by atoms with Gasteiger partial charge in [0.25, 0.3) is 0 Å². The molecule has 3 heteroatoms. The Bertz CT molecular complexity index is 384. The monoisotopic (exact) mass is 362 g/mol. The van der Waals surface area contributed by atoms with E-state index in [2.05, 4.69) is 6.58 Å². The lowest BCUT2D eigenvalue weighted by Gasteiger charge is -2.54. The van der Waals surface area contributed by atoms with E-state index in [9.17, 15) is 4.79 Å². The maximum absolute atomic E-state index is 12.0. The summed E-state index contributed by atoms with van der Waals surface area (Å²) in [6.07, 6.45) is 22.4. The van der Waals surface area contributed by atoms with Gasteiger partial charge in [0.2, 0.25) is 9.76 Å².